The fourth-order valence-electron chi connectivity index (χ4n) is 6.29. The van der Waals surface area contributed by atoms with Crippen LogP contribution in [0.4, 0.5) is 0 Å². The van der Waals surface area contributed by atoms with Crippen LogP contribution >= 0.6 is 0 Å². The molecule has 0 aliphatic heterocycles. The van der Waals surface area contributed by atoms with Crippen LogP contribution in [0.1, 0.15) is 105 Å². The van der Waals surface area contributed by atoms with Gasteiger partial charge in [-0.05, 0) is 123 Å². The number of allylic oxidation sites excluding steroid dienone is 2. The minimum atomic E-state index is 0.737. The van der Waals surface area contributed by atoms with Gasteiger partial charge in [0.1, 0.15) is 0 Å². The van der Waals surface area contributed by atoms with E-state index in [0.717, 1.165) is 43.1 Å². The maximum Gasteiger partial charge on any atom is 0.0462 e. The number of benzene rings is 2. The van der Waals surface area contributed by atoms with Crippen LogP contribution < -0.4 is 0 Å². The number of ether oxygens (including phenoxy) is 1. The van der Waals surface area contributed by atoms with Gasteiger partial charge in [0.15, 0.2) is 0 Å². The Morgan fingerprint density at radius 1 is 0.800 bits per heavy atom. The molecular formula is C34H46O. The molecule has 2 fully saturated rings. The second-order valence-corrected chi connectivity index (χ2v) is 11.0. The van der Waals surface area contributed by atoms with Gasteiger partial charge in [-0.3, -0.25) is 0 Å². The van der Waals surface area contributed by atoms with Crippen molar-refractivity contribution in [1.82, 2.24) is 0 Å². The van der Waals surface area contributed by atoms with Crippen molar-refractivity contribution in [2.45, 2.75) is 88.9 Å². The van der Waals surface area contributed by atoms with Gasteiger partial charge in [-0.25, -0.2) is 0 Å². The molecule has 2 saturated carbocycles. The van der Waals surface area contributed by atoms with Crippen LogP contribution in [0.3, 0.4) is 0 Å². The third-order valence-corrected chi connectivity index (χ3v) is 8.68. The standard InChI is InChI=1S/C34H46O/c1-3-27-10-18-31(19-11-27)32-20-12-28(13-21-32)7-4-5-8-29-14-22-33(23-15-29)34-24-16-30(17-25-34)9-6-26-35-2/h3-4,7,12-15,20-23,27,30-31,34H,1,5-6,8-11,16-19,24-26H2,2H3/b7-4+. The molecule has 2 aromatic rings. The third-order valence-electron chi connectivity index (χ3n) is 8.68. The van der Waals surface area contributed by atoms with E-state index in [9.17, 15) is 0 Å². The predicted molar refractivity (Wildman–Crippen MR) is 151 cm³/mol. The Kier molecular flexibility index (Phi) is 10.3. The lowest BCUT2D eigenvalue weighted by molar-refractivity contribution is 0.180. The summed E-state index contributed by atoms with van der Waals surface area (Å²) in [4.78, 5) is 0. The van der Waals surface area contributed by atoms with E-state index in [1.54, 1.807) is 5.56 Å². The molecule has 2 aliphatic carbocycles. The van der Waals surface area contributed by atoms with Crippen molar-refractivity contribution in [2.24, 2.45) is 11.8 Å². The largest absolute Gasteiger partial charge is 0.385 e. The van der Waals surface area contributed by atoms with Crippen LogP contribution in [0.5, 0.6) is 0 Å². The van der Waals surface area contributed by atoms with Gasteiger partial charge in [-0.1, -0.05) is 66.8 Å². The zero-order chi connectivity index (χ0) is 24.3. The highest BCUT2D eigenvalue weighted by atomic mass is 16.5. The smallest absolute Gasteiger partial charge is 0.0462 e. The number of rotatable bonds is 11. The second kappa shape index (κ2) is 13.8. The van der Waals surface area contributed by atoms with Gasteiger partial charge in [-0.15, -0.1) is 6.58 Å². The van der Waals surface area contributed by atoms with Crippen molar-refractivity contribution in [3.63, 3.8) is 0 Å². The molecule has 1 nitrogen and oxygen atoms in total. The molecular weight excluding hydrogens is 424 g/mol. The highest BCUT2D eigenvalue weighted by molar-refractivity contribution is 5.50. The van der Waals surface area contributed by atoms with Crippen LogP contribution in [-0.2, 0) is 11.2 Å². The van der Waals surface area contributed by atoms with Crippen LogP contribution in [0.15, 0.2) is 67.3 Å². The Morgan fingerprint density at radius 3 is 2.00 bits per heavy atom. The summed E-state index contributed by atoms with van der Waals surface area (Å²) in [5.41, 5.74) is 5.85. The second-order valence-electron chi connectivity index (χ2n) is 11.0. The fourth-order valence-corrected chi connectivity index (χ4v) is 6.29. The Labute approximate surface area is 214 Å². The van der Waals surface area contributed by atoms with Crippen molar-refractivity contribution in [3.8, 4) is 0 Å². The van der Waals surface area contributed by atoms with Crippen LogP contribution in [-0.4, -0.2) is 13.7 Å². The van der Waals surface area contributed by atoms with E-state index < -0.39 is 0 Å². The summed E-state index contributed by atoms with van der Waals surface area (Å²) in [6.07, 6.45) is 22.2. The maximum atomic E-state index is 5.22. The first-order chi connectivity index (χ1) is 17.2. The number of aryl methyl sites for hydroxylation is 1. The minimum absolute atomic E-state index is 0.737. The quantitative estimate of drug-likeness (QED) is 0.235. The van der Waals surface area contributed by atoms with Crippen molar-refractivity contribution < 1.29 is 4.74 Å². The first-order valence-electron chi connectivity index (χ1n) is 14.2. The van der Waals surface area contributed by atoms with E-state index in [4.69, 9.17) is 4.74 Å². The first-order valence-corrected chi connectivity index (χ1v) is 14.2. The van der Waals surface area contributed by atoms with E-state index in [2.05, 4.69) is 73.3 Å². The van der Waals surface area contributed by atoms with Crippen molar-refractivity contribution in [3.05, 3.63) is 89.5 Å². The average molecular weight is 471 g/mol. The van der Waals surface area contributed by atoms with Crippen molar-refractivity contribution >= 4 is 6.08 Å². The zero-order valence-electron chi connectivity index (χ0n) is 22.0. The minimum Gasteiger partial charge on any atom is -0.385 e. The Bertz CT molecular complexity index is 891. The molecule has 0 bridgehead atoms. The Morgan fingerprint density at radius 2 is 1.40 bits per heavy atom. The normalized spacial score (nSPS) is 25.1. The molecule has 0 heterocycles. The molecule has 1 heteroatoms. The Balaban J connectivity index is 1.17. The summed E-state index contributed by atoms with van der Waals surface area (Å²) in [7, 11) is 1.81. The first kappa shape index (κ1) is 26.0. The zero-order valence-corrected chi connectivity index (χ0v) is 22.0. The van der Waals surface area contributed by atoms with E-state index in [0.29, 0.717) is 0 Å². The summed E-state index contributed by atoms with van der Waals surface area (Å²) in [6, 6.07) is 18.8. The van der Waals surface area contributed by atoms with Gasteiger partial charge in [0.05, 0.1) is 0 Å². The third kappa shape index (κ3) is 7.94. The van der Waals surface area contributed by atoms with Gasteiger partial charge < -0.3 is 4.74 Å². The average Bonchev–Trinajstić information content (AvgIpc) is 2.92. The number of hydrogen-bond donors (Lipinski definition) is 0. The highest BCUT2D eigenvalue weighted by Crippen LogP contribution is 2.38. The van der Waals surface area contributed by atoms with Crippen LogP contribution in [0.25, 0.3) is 6.08 Å². The lowest BCUT2D eigenvalue weighted by Gasteiger charge is -2.29. The van der Waals surface area contributed by atoms with Crippen molar-refractivity contribution in [1.29, 1.82) is 0 Å². The lowest BCUT2D eigenvalue weighted by Crippen LogP contribution is -2.14. The lowest BCUT2D eigenvalue weighted by atomic mass is 9.77. The van der Waals surface area contributed by atoms with Crippen molar-refractivity contribution in [2.75, 3.05) is 13.7 Å². The molecule has 2 aromatic carbocycles. The molecule has 0 unspecified atom stereocenters. The van der Waals surface area contributed by atoms with Crippen LogP contribution in [0, 0.1) is 11.8 Å². The maximum absolute atomic E-state index is 5.22. The predicted octanol–water partition coefficient (Wildman–Crippen LogP) is 9.49. The molecule has 0 radical (unpaired) electrons. The topological polar surface area (TPSA) is 9.23 Å². The summed E-state index contributed by atoms with van der Waals surface area (Å²) in [5.74, 6) is 3.16. The Hall–Kier alpha value is -2.12. The van der Waals surface area contributed by atoms with Gasteiger partial charge >= 0.3 is 0 Å². The molecule has 0 atom stereocenters. The van der Waals surface area contributed by atoms with Gasteiger partial charge in [-0.2, -0.15) is 0 Å². The summed E-state index contributed by atoms with van der Waals surface area (Å²) >= 11 is 0. The monoisotopic (exact) mass is 470 g/mol. The molecule has 0 spiro atoms. The van der Waals surface area contributed by atoms with Gasteiger partial charge in [0.25, 0.3) is 0 Å². The number of hydrogen-bond acceptors (Lipinski definition) is 1. The molecule has 4 rings (SSSR count). The highest BCUT2D eigenvalue weighted by Gasteiger charge is 2.22. The molecule has 0 saturated heterocycles. The molecule has 35 heavy (non-hydrogen) atoms. The fraction of sp³-hybridized carbons (Fsp3) is 0.529. The molecule has 2 aliphatic rings. The molecule has 188 valence electrons. The van der Waals surface area contributed by atoms with Gasteiger partial charge in [0.2, 0.25) is 0 Å². The van der Waals surface area contributed by atoms with Gasteiger partial charge in [0, 0.05) is 13.7 Å². The molecule has 0 amide bonds. The number of methoxy groups -OCH3 is 1. The summed E-state index contributed by atoms with van der Waals surface area (Å²) < 4.78 is 5.22. The van der Waals surface area contributed by atoms with E-state index in [-0.39, 0.29) is 0 Å². The van der Waals surface area contributed by atoms with E-state index >= 15 is 0 Å². The van der Waals surface area contributed by atoms with Crippen LogP contribution in [0.2, 0.25) is 0 Å². The van der Waals surface area contributed by atoms with E-state index in [1.165, 1.54) is 80.9 Å². The SMILES string of the molecule is C=CC1CCC(c2ccc(/C=C/CCc3ccc(C4CCC(CCCOC)CC4)cc3)cc2)CC1. The summed E-state index contributed by atoms with van der Waals surface area (Å²) in [5, 5.41) is 0. The van der Waals surface area contributed by atoms with E-state index in [1.807, 2.05) is 7.11 Å². The molecule has 0 aromatic heterocycles. The molecule has 0 N–H and O–H groups in total. The summed E-state index contributed by atoms with van der Waals surface area (Å²) in [6.45, 7) is 4.89.